The van der Waals surface area contributed by atoms with E-state index >= 15 is 0 Å². The lowest BCUT2D eigenvalue weighted by atomic mass is 10.5. The van der Waals surface area contributed by atoms with Gasteiger partial charge in [-0.2, -0.15) is 0 Å². The lowest BCUT2D eigenvalue weighted by molar-refractivity contribution is -0.137. The number of hydrogen-bond acceptors (Lipinski definition) is 3. The van der Waals surface area contributed by atoms with Crippen LogP contribution < -0.4 is 11.5 Å². The number of rotatable bonds is 2. The first-order valence-corrected chi connectivity index (χ1v) is 3.80. The third kappa shape index (κ3) is 177. The van der Waals surface area contributed by atoms with Gasteiger partial charge in [-0.15, -0.1) is 0 Å². The van der Waals surface area contributed by atoms with Crippen molar-refractivity contribution >= 4 is 17.9 Å². The van der Waals surface area contributed by atoms with Crippen molar-refractivity contribution in [2.45, 2.75) is 26.7 Å². The molecule has 0 aromatic rings. The highest BCUT2D eigenvalue weighted by molar-refractivity contribution is 5.71. The van der Waals surface area contributed by atoms with E-state index < -0.39 is 11.9 Å². The highest BCUT2D eigenvalue weighted by Crippen LogP contribution is 1.67. The standard InChI is InChI=1S/2C3H6O2.CH5N3/c2*1-2-3(4)5;2-1(3)4/h2*2H2,1H3,(H,4,5);(H5,2,3,4). The molecule has 0 rings (SSSR count). The monoisotopic (exact) mass is 207 g/mol. The molecule has 0 aliphatic heterocycles. The van der Waals surface area contributed by atoms with Crippen molar-refractivity contribution in [2.75, 3.05) is 0 Å². The highest BCUT2D eigenvalue weighted by atomic mass is 16.4. The summed E-state index contributed by atoms with van der Waals surface area (Å²) >= 11 is 0. The molecule has 0 aliphatic carbocycles. The van der Waals surface area contributed by atoms with E-state index in [0.717, 1.165) is 0 Å². The Morgan fingerprint density at radius 1 is 1.07 bits per heavy atom. The summed E-state index contributed by atoms with van der Waals surface area (Å²) in [6.45, 7) is 3.20. The molecule has 0 amide bonds. The van der Waals surface area contributed by atoms with Gasteiger partial charge in [0.15, 0.2) is 5.96 Å². The van der Waals surface area contributed by atoms with E-state index in [1.165, 1.54) is 0 Å². The minimum absolute atomic E-state index is 0.222. The van der Waals surface area contributed by atoms with E-state index in [-0.39, 0.29) is 18.8 Å². The zero-order chi connectivity index (χ0) is 12.1. The summed E-state index contributed by atoms with van der Waals surface area (Å²) in [7, 11) is 0. The molecule has 0 saturated heterocycles. The van der Waals surface area contributed by atoms with Crippen LogP contribution in [0.3, 0.4) is 0 Å². The molecule has 0 bridgehead atoms. The van der Waals surface area contributed by atoms with Crippen molar-refractivity contribution in [3.63, 3.8) is 0 Å². The number of aliphatic carboxylic acids is 2. The molecule has 0 radical (unpaired) electrons. The maximum atomic E-state index is 9.37. The number of nitrogens with two attached hydrogens (primary N) is 2. The largest absolute Gasteiger partial charge is 0.481 e. The summed E-state index contributed by atoms with van der Waals surface area (Å²) in [6.07, 6.45) is 0.444. The van der Waals surface area contributed by atoms with E-state index in [0.29, 0.717) is 0 Å². The molecule has 0 heterocycles. The minimum atomic E-state index is -0.745. The Morgan fingerprint density at radius 3 is 1.14 bits per heavy atom. The van der Waals surface area contributed by atoms with Gasteiger partial charge in [-0.25, -0.2) is 0 Å². The zero-order valence-corrected chi connectivity index (χ0v) is 8.28. The second-order valence-electron chi connectivity index (χ2n) is 1.95. The Bertz CT molecular complexity index is 164. The number of nitrogens with one attached hydrogen (secondary N) is 1. The summed E-state index contributed by atoms with van der Waals surface area (Å²) in [5, 5.41) is 21.5. The molecule has 0 saturated carbocycles. The Balaban J connectivity index is -0.000000131. The molecule has 7 heteroatoms. The summed E-state index contributed by atoms with van der Waals surface area (Å²) in [5.74, 6) is -1.82. The Labute approximate surface area is 82.2 Å². The van der Waals surface area contributed by atoms with Crippen LogP contribution in [-0.2, 0) is 9.59 Å². The van der Waals surface area contributed by atoms with Crippen LogP contribution in [0, 0.1) is 5.41 Å². The van der Waals surface area contributed by atoms with Gasteiger partial charge in [0.1, 0.15) is 0 Å². The summed E-state index contributed by atoms with van der Waals surface area (Å²) in [4.78, 5) is 18.7. The molecule has 0 aliphatic rings. The first kappa shape index (κ1) is 18.1. The van der Waals surface area contributed by atoms with Crippen molar-refractivity contribution in [1.82, 2.24) is 0 Å². The van der Waals surface area contributed by atoms with Crippen LogP contribution in [0.15, 0.2) is 0 Å². The third-order valence-corrected chi connectivity index (χ3v) is 0.605. The van der Waals surface area contributed by atoms with Crippen molar-refractivity contribution in [3.05, 3.63) is 0 Å². The van der Waals surface area contributed by atoms with Gasteiger partial charge in [0.2, 0.25) is 0 Å². The number of guanidine groups is 1. The first-order chi connectivity index (χ1) is 6.27. The number of carboxylic acids is 2. The molecule has 0 aromatic carbocycles. The maximum absolute atomic E-state index is 9.37. The summed E-state index contributed by atoms with van der Waals surface area (Å²) < 4.78 is 0. The predicted octanol–water partition coefficient (Wildman–Crippen LogP) is -0.199. The zero-order valence-electron chi connectivity index (χ0n) is 8.28. The maximum Gasteiger partial charge on any atom is 0.303 e. The van der Waals surface area contributed by atoms with Gasteiger partial charge in [0, 0.05) is 12.8 Å². The fraction of sp³-hybridized carbons (Fsp3) is 0.571. The van der Waals surface area contributed by atoms with Crippen LogP contribution >= 0.6 is 0 Å². The van der Waals surface area contributed by atoms with Crippen LogP contribution in [-0.4, -0.2) is 28.1 Å². The normalized spacial score (nSPS) is 7.00. The van der Waals surface area contributed by atoms with Gasteiger partial charge >= 0.3 is 11.9 Å². The van der Waals surface area contributed by atoms with E-state index in [9.17, 15) is 9.59 Å². The predicted molar refractivity (Wildman–Crippen MR) is 52.0 cm³/mol. The molecule has 0 atom stereocenters. The van der Waals surface area contributed by atoms with Crippen molar-refractivity contribution in [1.29, 1.82) is 5.41 Å². The van der Waals surface area contributed by atoms with Gasteiger partial charge in [-0.1, -0.05) is 13.8 Å². The molecule has 0 unspecified atom stereocenters. The first-order valence-electron chi connectivity index (χ1n) is 3.80. The lowest BCUT2D eigenvalue weighted by Gasteiger charge is -1.71. The molecule has 84 valence electrons. The molecule has 7 N–H and O–H groups in total. The second kappa shape index (κ2) is 13.8. The Hall–Kier alpha value is -1.79. The molecular formula is C7H17N3O4. The van der Waals surface area contributed by atoms with E-state index in [1.54, 1.807) is 13.8 Å². The quantitative estimate of drug-likeness (QED) is 0.312. The van der Waals surface area contributed by atoms with Gasteiger partial charge in [-0.05, 0) is 0 Å². The van der Waals surface area contributed by atoms with E-state index in [4.69, 9.17) is 15.6 Å². The topological polar surface area (TPSA) is 150 Å². The number of carboxylic acid groups (broad SMARTS) is 2. The number of carbonyl (C=O) groups is 2. The van der Waals surface area contributed by atoms with Crippen LogP contribution in [0.4, 0.5) is 0 Å². The molecular weight excluding hydrogens is 190 g/mol. The average molecular weight is 207 g/mol. The summed E-state index contributed by atoms with van der Waals surface area (Å²) in [6, 6.07) is 0. The van der Waals surface area contributed by atoms with Crippen LogP contribution in [0.25, 0.3) is 0 Å². The Morgan fingerprint density at radius 2 is 1.14 bits per heavy atom. The fourth-order valence-corrected chi connectivity index (χ4v) is 0. The molecule has 0 aromatic heterocycles. The molecule has 7 nitrogen and oxygen atoms in total. The Kier molecular flexibility index (Phi) is 17.8. The molecule has 0 fully saturated rings. The SMILES string of the molecule is CCC(=O)O.CCC(=O)O.N=C(N)N. The molecule has 0 spiro atoms. The summed E-state index contributed by atoms with van der Waals surface area (Å²) in [5.41, 5.74) is 8.94. The van der Waals surface area contributed by atoms with Crippen molar-refractivity contribution < 1.29 is 19.8 Å². The van der Waals surface area contributed by atoms with E-state index in [2.05, 4.69) is 11.5 Å². The van der Waals surface area contributed by atoms with Crippen molar-refractivity contribution in [2.24, 2.45) is 11.5 Å². The minimum Gasteiger partial charge on any atom is -0.481 e. The highest BCUT2D eigenvalue weighted by Gasteiger charge is 1.81. The van der Waals surface area contributed by atoms with Crippen LogP contribution in [0.1, 0.15) is 26.7 Å². The van der Waals surface area contributed by atoms with Gasteiger partial charge in [0.05, 0.1) is 0 Å². The van der Waals surface area contributed by atoms with Crippen LogP contribution in [0.2, 0.25) is 0 Å². The van der Waals surface area contributed by atoms with Gasteiger partial charge in [-0.3, -0.25) is 15.0 Å². The fourth-order valence-electron chi connectivity index (χ4n) is 0. The van der Waals surface area contributed by atoms with Crippen molar-refractivity contribution in [3.8, 4) is 0 Å². The second-order valence-corrected chi connectivity index (χ2v) is 1.95. The van der Waals surface area contributed by atoms with E-state index in [1.807, 2.05) is 0 Å². The lowest BCUT2D eigenvalue weighted by Crippen LogP contribution is -2.20. The molecule has 14 heavy (non-hydrogen) atoms. The smallest absolute Gasteiger partial charge is 0.303 e. The average Bonchev–Trinajstić information content (AvgIpc) is 2.04. The van der Waals surface area contributed by atoms with Gasteiger partial charge < -0.3 is 21.7 Å². The van der Waals surface area contributed by atoms with Gasteiger partial charge in [0.25, 0.3) is 0 Å². The third-order valence-electron chi connectivity index (χ3n) is 0.605. The van der Waals surface area contributed by atoms with Crippen LogP contribution in [0.5, 0.6) is 0 Å². The number of hydrogen-bond donors (Lipinski definition) is 5.